The summed E-state index contributed by atoms with van der Waals surface area (Å²) in [6, 6.07) is 13.9. The molecule has 2 heterocycles. The molecule has 0 unspecified atom stereocenters. The molecule has 0 bridgehead atoms. The largest absolute Gasteiger partial charge is 0.497 e. The maximum absolute atomic E-state index is 13.3. The normalized spacial score (nSPS) is 16.2. The van der Waals surface area contributed by atoms with Crippen LogP contribution in [0.2, 0.25) is 0 Å². The average molecular weight is 424 g/mol. The lowest BCUT2D eigenvalue weighted by atomic mass is 9.93. The van der Waals surface area contributed by atoms with Crippen molar-refractivity contribution in [1.29, 1.82) is 0 Å². The Hall–Kier alpha value is -3.33. The van der Waals surface area contributed by atoms with Crippen LogP contribution in [-0.2, 0) is 11.3 Å². The Bertz CT molecular complexity index is 1010. The number of ether oxygens (including phenoxy) is 1. The Labute approximate surface area is 179 Å². The molecule has 0 saturated carbocycles. The molecule has 0 aliphatic carbocycles. The third-order valence-electron chi connectivity index (χ3n) is 5.78. The van der Waals surface area contributed by atoms with E-state index in [4.69, 9.17) is 10.5 Å². The number of piperidine rings is 1. The second-order valence-corrected chi connectivity index (χ2v) is 7.71. The van der Waals surface area contributed by atoms with Crippen LogP contribution in [0.1, 0.15) is 35.8 Å². The highest BCUT2D eigenvalue weighted by Crippen LogP contribution is 2.32. The van der Waals surface area contributed by atoms with E-state index in [1.807, 2.05) is 24.3 Å². The van der Waals surface area contributed by atoms with Gasteiger partial charge in [0.15, 0.2) is 5.82 Å². The monoisotopic (exact) mass is 424 g/mol. The van der Waals surface area contributed by atoms with Crippen LogP contribution in [0.15, 0.2) is 48.5 Å². The maximum atomic E-state index is 13.3. The fraction of sp³-hybridized carbons (Fsp3) is 0.364. The van der Waals surface area contributed by atoms with Gasteiger partial charge in [-0.25, -0.2) is 9.07 Å². The molecule has 1 aliphatic rings. The van der Waals surface area contributed by atoms with Gasteiger partial charge in [-0.15, -0.1) is 5.10 Å². The van der Waals surface area contributed by atoms with Crippen molar-refractivity contribution in [3.05, 3.63) is 71.3 Å². The number of aromatic nitrogens is 4. The number of nitrogens with two attached hydrogens (primary N) is 1. The molecule has 8 nitrogen and oxygen atoms in total. The van der Waals surface area contributed by atoms with Crippen molar-refractivity contribution in [3.63, 3.8) is 0 Å². The molecule has 31 heavy (non-hydrogen) atoms. The van der Waals surface area contributed by atoms with Crippen molar-refractivity contribution in [1.82, 2.24) is 25.1 Å². The molecule has 2 aromatic carbocycles. The molecule has 0 radical (unpaired) electrons. The van der Waals surface area contributed by atoms with Gasteiger partial charge in [0.1, 0.15) is 11.6 Å². The van der Waals surface area contributed by atoms with Crippen LogP contribution in [0, 0.1) is 11.7 Å². The quantitative estimate of drug-likeness (QED) is 0.624. The van der Waals surface area contributed by atoms with Gasteiger partial charge in [-0.3, -0.25) is 9.69 Å². The molecule has 1 fully saturated rings. The molecule has 4 rings (SSSR count). The summed E-state index contributed by atoms with van der Waals surface area (Å²) in [6.07, 6.45) is 1.39. The van der Waals surface area contributed by atoms with E-state index in [9.17, 15) is 9.18 Å². The number of rotatable bonds is 7. The fourth-order valence-electron chi connectivity index (χ4n) is 4.03. The van der Waals surface area contributed by atoms with Gasteiger partial charge in [-0.05, 0) is 71.8 Å². The summed E-state index contributed by atoms with van der Waals surface area (Å²) >= 11 is 0. The third kappa shape index (κ3) is 4.72. The van der Waals surface area contributed by atoms with E-state index in [1.54, 1.807) is 23.9 Å². The lowest BCUT2D eigenvalue weighted by Gasteiger charge is -2.36. The summed E-state index contributed by atoms with van der Waals surface area (Å²) in [4.78, 5) is 13.9. The molecule has 1 aromatic heterocycles. The van der Waals surface area contributed by atoms with Crippen LogP contribution in [0.3, 0.4) is 0 Å². The average Bonchev–Trinajstić information content (AvgIpc) is 3.24. The van der Waals surface area contributed by atoms with E-state index in [0.717, 1.165) is 16.9 Å². The standard InChI is InChI=1S/C22H25FN6O2/c1-31-19-8-4-16(5-9-19)20(28-12-10-17(11-13-28)21(24)30)22-25-26-27-29(22)14-15-2-6-18(23)7-3-15/h2-9,17,20H,10-14H2,1H3,(H2,24,30)/t20-/m0/s1. The van der Waals surface area contributed by atoms with Gasteiger partial charge in [-0.2, -0.15) is 0 Å². The molecule has 1 amide bonds. The van der Waals surface area contributed by atoms with Crippen LogP contribution < -0.4 is 10.5 Å². The highest BCUT2D eigenvalue weighted by atomic mass is 19.1. The highest BCUT2D eigenvalue weighted by Gasteiger charge is 2.32. The summed E-state index contributed by atoms with van der Waals surface area (Å²) in [5.41, 5.74) is 7.43. The molecule has 162 valence electrons. The zero-order valence-corrected chi connectivity index (χ0v) is 17.3. The van der Waals surface area contributed by atoms with E-state index in [-0.39, 0.29) is 23.7 Å². The first-order valence-corrected chi connectivity index (χ1v) is 10.2. The van der Waals surface area contributed by atoms with Gasteiger partial charge >= 0.3 is 0 Å². The van der Waals surface area contributed by atoms with Crippen LogP contribution in [0.25, 0.3) is 0 Å². The number of hydrogen-bond acceptors (Lipinski definition) is 6. The highest BCUT2D eigenvalue weighted by molar-refractivity contribution is 5.76. The minimum Gasteiger partial charge on any atom is -0.497 e. The Morgan fingerprint density at radius 3 is 2.45 bits per heavy atom. The first-order chi connectivity index (χ1) is 15.0. The first-order valence-electron chi connectivity index (χ1n) is 10.2. The number of carbonyl (C=O) groups is 1. The minimum atomic E-state index is -0.283. The lowest BCUT2D eigenvalue weighted by molar-refractivity contribution is -0.123. The zero-order valence-electron chi connectivity index (χ0n) is 17.3. The number of nitrogens with zero attached hydrogens (tertiary/aromatic N) is 5. The Morgan fingerprint density at radius 1 is 1.16 bits per heavy atom. The molecule has 2 N–H and O–H groups in total. The van der Waals surface area contributed by atoms with Gasteiger partial charge in [0, 0.05) is 5.92 Å². The number of likely N-dealkylation sites (tertiary alicyclic amines) is 1. The molecule has 9 heteroatoms. The molecule has 1 saturated heterocycles. The fourth-order valence-corrected chi connectivity index (χ4v) is 4.03. The predicted molar refractivity (Wildman–Crippen MR) is 112 cm³/mol. The molecular weight excluding hydrogens is 399 g/mol. The van der Waals surface area contributed by atoms with Gasteiger partial charge in [0.05, 0.1) is 19.7 Å². The summed E-state index contributed by atoms with van der Waals surface area (Å²) in [7, 11) is 1.63. The number of primary amides is 1. The van der Waals surface area contributed by atoms with E-state index in [1.165, 1.54) is 12.1 Å². The first kappa shape index (κ1) is 20.9. The number of methoxy groups -OCH3 is 1. The van der Waals surface area contributed by atoms with E-state index >= 15 is 0 Å². The van der Waals surface area contributed by atoms with E-state index in [0.29, 0.717) is 38.3 Å². The zero-order chi connectivity index (χ0) is 21.8. The van der Waals surface area contributed by atoms with Crippen LogP contribution in [0.5, 0.6) is 5.75 Å². The molecule has 1 aliphatic heterocycles. The number of carbonyl (C=O) groups excluding carboxylic acids is 1. The van der Waals surface area contributed by atoms with Crippen LogP contribution >= 0.6 is 0 Å². The number of hydrogen-bond donors (Lipinski definition) is 1. The number of benzene rings is 2. The Morgan fingerprint density at radius 2 is 1.84 bits per heavy atom. The Balaban J connectivity index is 1.65. The summed E-state index contributed by atoms with van der Waals surface area (Å²) < 4.78 is 20.3. The predicted octanol–water partition coefficient (Wildman–Crippen LogP) is 2.16. The van der Waals surface area contributed by atoms with Crippen LogP contribution in [0.4, 0.5) is 4.39 Å². The maximum Gasteiger partial charge on any atom is 0.220 e. The SMILES string of the molecule is COc1ccc([C@@H](c2nnnn2Cc2ccc(F)cc2)N2CCC(C(N)=O)CC2)cc1. The minimum absolute atomic E-state index is 0.108. The van der Waals surface area contributed by atoms with Gasteiger partial charge in [-0.1, -0.05) is 24.3 Å². The lowest BCUT2D eigenvalue weighted by Crippen LogP contribution is -2.41. The molecule has 3 aromatic rings. The van der Waals surface area contributed by atoms with E-state index < -0.39 is 0 Å². The molecule has 1 atom stereocenters. The van der Waals surface area contributed by atoms with Gasteiger partial charge in [0.25, 0.3) is 0 Å². The van der Waals surface area contributed by atoms with Crippen molar-refractivity contribution in [3.8, 4) is 5.75 Å². The van der Waals surface area contributed by atoms with Crippen molar-refractivity contribution in [2.24, 2.45) is 11.7 Å². The number of amides is 1. The van der Waals surface area contributed by atoms with Crippen molar-refractivity contribution in [2.75, 3.05) is 20.2 Å². The van der Waals surface area contributed by atoms with Crippen LogP contribution in [-0.4, -0.2) is 51.2 Å². The van der Waals surface area contributed by atoms with Crippen molar-refractivity contribution in [2.45, 2.75) is 25.4 Å². The topological polar surface area (TPSA) is 99.2 Å². The number of halogens is 1. The third-order valence-corrected chi connectivity index (χ3v) is 5.78. The smallest absolute Gasteiger partial charge is 0.220 e. The summed E-state index contributed by atoms with van der Waals surface area (Å²) in [5, 5.41) is 12.4. The summed E-state index contributed by atoms with van der Waals surface area (Å²) in [5.74, 6) is 0.812. The van der Waals surface area contributed by atoms with Gasteiger partial charge in [0.2, 0.25) is 5.91 Å². The number of tetrazole rings is 1. The second kappa shape index (κ2) is 9.22. The summed E-state index contributed by atoms with van der Waals surface area (Å²) in [6.45, 7) is 1.83. The Kier molecular flexibility index (Phi) is 6.22. The van der Waals surface area contributed by atoms with E-state index in [2.05, 4.69) is 20.4 Å². The van der Waals surface area contributed by atoms with Crippen molar-refractivity contribution < 1.29 is 13.9 Å². The molecular formula is C22H25FN6O2. The second-order valence-electron chi connectivity index (χ2n) is 7.71. The van der Waals surface area contributed by atoms with Gasteiger partial charge < -0.3 is 10.5 Å². The van der Waals surface area contributed by atoms with Crippen molar-refractivity contribution >= 4 is 5.91 Å². The molecule has 0 spiro atoms.